The number of furan rings is 1. The van der Waals surface area contributed by atoms with Crippen molar-refractivity contribution in [1.82, 2.24) is 29.7 Å². The van der Waals surface area contributed by atoms with Gasteiger partial charge in [0, 0.05) is 46.4 Å². The normalized spacial score (nSPS) is 14.2. The minimum absolute atomic E-state index is 0.0523. The second kappa shape index (κ2) is 17.1. The van der Waals surface area contributed by atoms with Gasteiger partial charge in [0.2, 0.25) is 5.09 Å². The van der Waals surface area contributed by atoms with Crippen molar-refractivity contribution in [2.75, 3.05) is 26.2 Å². The number of ether oxygens (including phenoxy) is 1. The number of amides is 2. The molecule has 56 heavy (non-hydrogen) atoms. The third-order valence-corrected chi connectivity index (χ3v) is 12.8. The van der Waals surface area contributed by atoms with Gasteiger partial charge in [0.25, 0.3) is 21.8 Å². The van der Waals surface area contributed by atoms with Crippen molar-refractivity contribution >= 4 is 55.9 Å². The monoisotopic (exact) mass is 824 g/mol. The molecule has 3 aromatic heterocycles. The highest BCUT2D eigenvalue weighted by molar-refractivity contribution is 7.90. The van der Waals surface area contributed by atoms with Crippen LogP contribution in [-0.2, 0) is 23.0 Å². The summed E-state index contributed by atoms with van der Waals surface area (Å²) in [5, 5.41) is 8.85. The lowest BCUT2D eigenvalue weighted by Crippen LogP contribution is -2.41. The first kappa shape index (κ1) is 41.3. The zero-order valence-electron chi connectivity index (χ0n) is 32.9. The van der Waals surface area contributed by atoms with Gasteiger partial charge in [-0.25, -0.2) is 4.72 Å². The third-order valence-electron chi connectivity index (χ3n) is 10.7. The molecule has 2 aromatic carbocycles. The number of aromatic amines is 1. The van der Waals surface area contributed by atoms with Gasteiger partial charge in [-0.3, -0.25) is 14.3 Å². The molecule has 15 heteroatoms. The van der Waals surface area contributed by atoms with E-state index >= 15 is 0 Å². The summed E-state index contributed by atoms with van der Waals surface area (Å²) in [7, 11) is -4.53. The van der Waals surface area contributed by atoms with E-state index in [-0.39, 0.29) is 11.5 Å². The van der Waals surface area contributed by atoms with Crippen LogP contribution in [0.25, 0.3) is 22.0 Å². The number of piperidine rings is 1. The largest absolute Gasteiger partial charge is 0.494 e. The van der Waals surface area contributed by atoms with Crippen LogP contribution in [0, 0.1) is 33.6 Å². The molecule has 3 N–H and O–H groups in total. The first-order valence-electron chi connectivity index (χ1n) is 19.1. The molecule has 6 rings (SSSR count). The number of hydrogen-bond acceptors (Lipinski definition) is 8. The Morgan fingerprint density at radius 1 is 1.02 bits per heavy atom. The van der Waals surface area contributed by atoms with E-state index in [1.165, 1.54) is 12.1 Å². The van der Waals surface area contributed by atoms with Gasteiger partial charge >= 0.3 is 0 Å². The van der Waals surface area contributed by atoms with Gasteiger partial charge in [0.1, 0.15) is 11.4 Å². The summed E-state index contributed by atoms with van der Waals surface area (Å²) in [4.78, 5) is 32.7. The minimum Gasteiger partial charge on any atom is -0.494 e. The molecule has 0 radical (unpaired) electrons. The molecule has 0 bridgehead atoms. The van der Waals surface area contributed by atoms with Crippen LogP contribution in [0.1, 0.15) is 89.2 Å². The average molecular weight is 826 g/mol. The number of halogens is 2. The molecule has 0 unspecified atom stereocenters. The first-order chi connectivity index (χ1) is 26.6. The van der Waals surface area contributed by atoms with E-state index in [1.54, 1.807) is 6.07 Å². The number of likely N-dealkylation sites (tertiary alicyclic amines) is 1. The van der Waals surface area contributed by atoms with Crippen LogP contribution in [0.2, 0.25) is 10.0 Å². The van der Waals surface area contributed by atoms with E-state index in [0.29, 0.717) is 82.3 Å². The van der Waals surface area contributed by atoms with Crippen molar-refractivity contribution in [3.05, 3.63) is 86.0 Å². The van der Waals surface area contributed by atoms with Crippen LogP contribution in [0.15, 0.2) is 45.9 Å². The van der Waals surface area contributed by atoms with Crippen LogP contribution < -0.4 is 14.8 Å². The second-order valence-corrected chi connectivity index (χ2v) is 17.2. The fourth-order valence-corrected chi connectivity index (χ4v) is 8.85. The molecule has 5 aromatic rings. The lowest BCUT2D eigenvalue weighted by Gasteiger charge is -2.34. The molecule has 1 aliphatic rings. The number of fused-ring (bicyclic) bond motifs is 1. The molecule has 300 valence electrons. The van der Waals surface area contributed by atoms with Gasteiger partial charge in [-0.1, -0.05) is 29.3 Å². The standard InChI is InChI=1S/C41H50Cl2N6O6S/c1-8-49-27(7)35(26(6)46-49)36-32(42)12-11-31-30(10-9-19-54-29-20-24(4)37(43)25(5)21-29)39(45-38(31)36)41(51)47-56(52,53)34-14-13-33(55-34)40(50)44-22-28-15-17-48(18-16-28)23(2)3/h11-14,20-21,23,28,45H,8-10,15-19,22H2,1-7H3,(H,44,50)(H,47,51). The van der Waals surface area contributed by atoms with Crippen molar-refractivity contribution in [1.29, 1.82) is 0 Å². The molecular formula is C41H50Cl2N6O6S. The Morgan fingerprint density at radius 2 is 1.71 bits per heavy atom. The van der Waals surface area contributed by atoms with Crippen molar-refractivity contribution in [2.24, 2.45) is 5.92 Å². The summed E-state index contributed by atoms with van der Waals surface area (Å²) >= 11 is 13.2. The molecule has 12 nitrogen and oxygen atoms in total. The quantitative estimate of drug-likeness (QED) is 0.0950. The Balaban J connectivity index is 1.25. The first-order valence-corrected chi connectivity index (χ1v) is 21.3. The number of H-pyrrole nitrogens is 1. The molecule has 1 aliphatic heterocycles. The van der Waals surface area contributed by atoms with Crippen molar-refractivity contribution in [3.8, 4) is 16.9 Å². The third kappa shape index (κ3) is 8.66. The highest BCUT2D eigenvalue weighted by atomic mass is 35.5. The second-order valence-electron chi connectivity index (χ2n) is 14.8. The van der Waals surface area contributed by atoms with Gasteiger partial charge in [0.15, 0.2) is 5.76 Å². The molecule has 4 heterocycles. The number of nitrogens with one attached hydrogen (secondary N) is 3. The van der Waals surface area contributed by atoms with Crippen LogP contribution in [0.4, 0.5) is 0 Å². The van der Waals surface area contributed by atoms with E-state index in [2.05, 4.69) is 38.9 Å². The highest BCUT2D eigenvalue weighted by Crippen LogP contribution is 2.40. The fraction of sp³-hybridized carbons (Fsp3) is 0.439. The van der Waals surface area contributed by atoms with E-state index in [4.69, 9.17) is 32.4 Å². The van der Waals surface area contributed by atoms with E-state index in [9.17, 15) is 18.0 Å². The topological polar surface area (TPSA) is 152 Å². The number of carbonyl (C=O) groups is 2. The predicted octanol–water partition coefficient (Wildman–Crippen LogP) is 8.17. The molecule has 0 saturated carbocycles. The number of sulfonamides is 1. The lowest BCUT2D eigenvalue weighted by molar-refractivity contribution is 0.0897. The summed E-state index contributed by atoms with van der Waals surface area (Å²) in [5.74, 6) is -0.572. The van der Waals surface area contributed by atoms with Gasteiger partial charge in [0.05, 0.1) is 22.8 Å². The predicted molar refractivity (Wildman–Crippen MR) is 220 cm³/mol. The van der Waals surface area contributed by atoms with Gasteiger partial charge in [-0.15, -0.1) is 0 Å². The lowest BCUT2D eigenvalue weighted by atomic mass is 9.96. The van der Waals surface area contributed by atoms with Gasteiger partial charge in [-0.05, 0) is 140 Å². The molecule has 1 fully saturated rings. The SMILES string of the molecule is CCn1nc(C)c(-c2c(Cl)ccc3c(CCCOc4cc(C)c(Cl)c(C)c4)c(C(=O)NS(=O)(=O)c4ccc(C(=O)NCC5CCN(C(C)C)CC5)o4)[nH]c23)c1C. The fourth-order valence-electron chi connectivity index (χ4n) is 7.59. The van der Waals surface area contributed by atoms with Gasteiger partial charge in [-0.2, -0.15) is 13.5 Å². The van der Waals surface area contributed by atoms with E-state index in [0.717, 1.165) is 54.0 Å². The smallest absolute Gasteiger partial charge is 0.297 e. The number of aryl methyl sites for hydroxylation is 5. The van der Waals surface area contributed by atoms with Crippen LogP contribution in [-0.4, -0.2) is 72.2 Å². The molecular weight excluding hydrogens is 775 g/mol. The molecule has 0 atom stereocenters. The molecule has 0 spiro atoms. The maximum absolute atomic E-state index is 14.0. The summed E-state index contributed by atoms with van der Waals surface area (Å²) in [5.41, 5.74) is 6.19. The van der Waals surface area contributed by atoms with E-state index < -0.39 is 26.9 Å². The van der Waals surface area contributed by atoms with Crippen molar-refractivity contribution in [2.45, 2.75) is 91.8 Å². The summed E-state index contributed by atoms with van der Waals surface area (Å²) < 4.78 is 42.8. The molecule has 1 saturated heterocycles. The Labute approximate surface area is 338 Å². The van der Waals surface area contributed by atoms with Crippen molar-refractivity contribution in [3.63, 3.8) is 0 Å². The summed E-state index contributed by atoms with van der Waals surface area (Å²) in [6.07, 6.45) is 2.78. The van der Waals surface area contributed by atoms with E-state index in [1.807, 2.05) is 57.5 Å². The number of aromatic nitrogens is 3. The summed E-state index contributed by atoms with van der Waals surface area (Å²) in [6.45, 7) is 17.4. The Bertz CT molecular complexity index is 2350. The summed E-state index contributed by atoms with van der Waals surface area (Å²) in [6, 6.07) is 10.3. The maximum Gasteiger partial charge on any atom is 0.297 e. The van der Waals surface area contributed by atoms with Crippen LogP contribution in [0.3, 0.4) is 0 Å². The Morgan fingerprint density at radius 3 is 2.36 bits per heavy atom. The number of hydrogen-bond donors (Lipinski definition) is 3. The zero-order valence-corrected chi connectivity index (χ0v) is 35.3. The van der Waals surface area contributed by atoms with Gasteiger partial charge < -0.3 is 24.4 Å². The maximum atomic E-state index is 14.0. The molecule has 2 amide bonds. The Hall–Kier alpha value is -4.30. The number of carbonyl (C=O) groups excluding carboxylic acids is 2. The Kier molecular flexibility index (Phi) is 12.6. The van der Waals surface area contributed by atoms with Crippen LogP contribution >= 0.6 is 23.2 Å². The number of rotatable bonds is 14. The van der Waals surface area contributed by atoms with Crippen molar-refractivity contribution < 1.29 is 27.2 Å². The highest BCUT2D eigenvalue weighted by Gasteiger charge is 2.29. The minimum atomic E-state index is -4.53. The molecule has 0 aliphatic carbocycles. The average Bonchev–Trinajstić information content (AvgIpc) is 3.88. The number of benzene rings is 2. The van der Waals surface area contributed by atoms with Crippen LogP contribution in [0.5, 0.6) is 5.75 Å². The zero-order chi connectivity index (χ0) is 40.5. The number of nitrogens with zero attached hydrogens (tertiary/aromatic N) is 3.